The van der Waals surface area contributed by atoms with E-state index in [-0.39, 0.29) is 5.91 Å². The molecular formula is C11H10BrNO2S. The van der Waals surface area contributed by atoms with Gasteiger partial charge in [0.1, 0.15) is 5.76 Å². The van der Waals surface area contributed by atoms with Crippen molar-refractivity contribution in [2.75, 3.05) is 0 Å². The number of amides is 1. The zero-order valence-electron chi connectivity index (χ0n) is 8.62. The van der Waals surface area contributed by atoms with Gasteiger partial charge in [-0.25, -0.2) is 0 Å². The molecule has 0 aromatic carbocycles. The van der Waals surface area contributed by atoms with Crippen LogP contribution >= 0.6 is 27.3 Å². The van der Waals surface area contributed by atoms with Crippen molar-refractivity contribution in [3.8, 4) is 0 Å². The number of halogens is 1. The second kappa shape index (κ2) is 4.84. The van der Waals surface area contributed by atoms with Gasteiger partial charge in [0, 0.05) is 9.35 Å². The maximum Gasteiger partial charge on any atom is 0.255 e. The third kappa shape index (κ3) is 2.36. The number of thiophene rings is 1. The lowest BCUT2D eigenvalue weighted by atomic mass is 10.2. The van der Waals surface area contributed by atoms with Crippen LogP contribution in [0.5, 0.6) is 0 Å². The lowest BCUT2D eigenvalue weighted by Crippen LogP contribution is -2.22. The molecule has 2 aromatic heterocycles. The number of furan rings is 1. The highest BCUT2D eigenvalue weighted by Crippen LogP contribution is 2.22. The van der Waals surface area contributed by atoms with E-state index in [1.54, 1.807) is 24.3 Å². The molecule has 0 fully saturated rings. The fraction of sp³-hybridized carbons (Fsp3) is 0.182. The average Bonchev–Trinajstić information content (AvgIpc) is 2.84. The largest absolute Gasteiger partial charge is 0.469 e. The van der Waals surface area contributed by atoms with Crippen molar-refractivity contribution in [2.24, 2.45) is 0 Å². The molecule has 0 aliphatic rings. The van der Waals surface area contributed by atoms with Crippen molar-refractivity contribution in [2.45, 2.75) is 13.5 Å². The van der Waals surface area contributed by atoms with Crippen molar-refractivity contribution < 1.29 is 9.21 Å². The molecule has 0 radical (unpaired) electrons. The highest BCUT2D eigenvalue weighted by Gasteiger charge is 2.11. The first-order chi connectivity index (χ1) is 7.68. The Kier molecular flexibility index (Phi) is 3.46. The van der Waals surface area contributed by atoms with Crippen LogP contribution < -0.4 is 5.32 Å². The third-order valence-electron chi connectivity index (χ3n) is 2.20. The smallest absolute Gasteiger partial charge is 0.255 e. The first-order valence-corrected chi connectivity index (χ1v) is 6.40. The van der Waals surface area contributed by atoms with Crippen LogP contribution in [0, 0.1) is 6.92 Å². The molecule has 5 heteroatoms. The van der Waals surface area contributed by atoms with Gasteiger partial charge in [-0.05, 0) is 40.4 Å². The van der Waals surface area contributed by atoms with Gasteiger partial charge >= 0.3 is 0 Å². The van der Waals surface area contributed by atoms with Crippen LogP contribution in [0.1, 0.15) is 21.0 Å². The maximum atomic E-state index is 11.8. The van der Waals surface area contributed by atoms with Gasteiger partial charge in [0.25, 0.3) is 5.91 Å². The second-order valence-electron chi connectivity index (χ2n) is 3.26. The number of hydrogen-bond donors (Lipinski definition) is 1. The molecule has 0 bridgehead atoms. The molecule has 84 valence electrons. The van der Waals surface area contributed by atoms with Gasteiger partial charge in [0.05, 0.1) is 18.4 Å². The number of carbonyl (C=O) groups is 1. The predicted octanol–water partition coefficient (Wildman–Crippen LogP) is 3.34. The summed E-state index contributed by atoms with van der Waals surface area (Å²) in [6.45, 7) is 2.30. The fourth-order valence-electron chi connectivity index (χ4n) is 1.33. The number of rotatable bonds is 3. The van der Waals surface area contributed by atoms with Crippen LogP contribution in [0.2, 0.25) is 0 Å². The van der Waals surface area contributed by atoms with Gasteiger partial charge in [-0.3, -0.25) is 4.79 Å². The van der Waals surface area contributed by atoms with Crippen molar-refractivity contribution in [1.29, 1.82) is 0 Å². The van der Waals surface area contributed by atoms with Crippen LogP contribution in [0.4, 0.5) is 0 Å². The van der Waals surface area contributed by atoms with E-state index in [4.69, 9.17) is 4.42 Å². The van der Waals surface area contributed by atoms with Crippen LogP contribution in [-0.2, 0) is 6.54 Å². The Labute approximate surface area is 106 Å². The Morgan fingerprint density at radius 2 is 2.38 bits per heavy atom. The predicted molar refractivity (Wildman–Crippen MR) is 66.6 cm³/mol. The van der Waals surface area contributed by atoms with E-state index in [2.05, 4.69) is 21.2 Å². The van der Waals surface area contributed by atoms with Gasteiger partial charge in [0.15, 0.2) is 0 Å². The molecule has 1 amide bonds. The van der Waals surface area contributed by atoms with E-state index in [0.29, 0.717) is 17.9 Å². The minimum absolute atomic E-state index is 0.105. The van der Waals surface area contributed by atoms with Crippen LogP contribution in [0.3, 0.4) is 0 Å². The normalized spacial score (nSPS) is 10.4. The molecule has 2 aromatic rings. The first-order valence-electron chi connectivity index (χ1n) is 4.72. The summed E-state index contributed by atoms with van der Waals surface area (Å²) in [4.78, 5) is 12.9. The molecule has 0 aliphatic carbocycles. The summed E-state index contributed by atoms with van der Waals surface area (Å²) in [5.74, 6) is 0.536. The summed E-state index contributed by atoms with van der Waals surface area (Å²) in [7, 11) is 0. The van der Waals surface area contributed by atoms with Crippen LogP contribution in [0.25, 0.3) is 0 Å². The summed E-state index contributed by atoms with van der Waals surface area (Å²) < 4.78 is 6.11. The monoisotopic (exact) mass is 299 g/mol. The Morgan fingerprint density at radius 3 is 2.94 bits per heavy atom. The summed E-state index contributed by atoms with van der Waals surface area (Å²) in [5.41, 5.74) is 0.590. The summed E-state index contributed by atoms with van der Waals surface area (Å²) in [5, 5.41) is 4.83. The quantitative estimate of drug-likeness (QED) is 0.944. The molecule has 16 heavy (non-hydrogen) atoms. The minimum atomic E-state index is -0.105. The number of nitrogens with one attached hydrogen (secondary N) is 1. The standard InChI is InChI=1S/C11H10BrNO2S/c1-7-8(2-4-15-7)11(14)13-6-10-9(12)3-5-16-10/h2-5H,6H2,1H3,(H,13,14). The molecular weight excluding hydrogens is 290 g/mol. The number of aryl methyl sites for hydroxylation is 1. The van der Waals surface area contributed by atoms with Gasteiger partial charge in [-0.15, -0.1) is 11.3 Å². The van der Waals surface area contributed by atoms with E-state index in [1.807, 2.05) is 11.4 Å². The molecule has 0 spiro atoms. The molecule has 0 saturated carbocycles. The summed E-state index contributed by atoms with van der Waals surface area (Å²) in [6.07, 6.45) is 1.52. The SMILES string of the molecule is Cc1occc1C(=O)NCc1sccc1Br. The maximum absolute atomic E-state index is 11.8. The van der Waals surface area contributed by atoms with Gasteiger partial charge in [-0.1, -0.05) is 0 Å². The molecule has 0 aliphatic heterocycles. The zero-order valence-corrected chi connectivity index (χ0v) is 11.0. The van der Waals surface area contributed by atoms with Crippen LogP contribution in [-0.4, -0.2) is 5.91 Å². The van der Waals surface area contributed by atoms with E-state index in [1.165, 1.54) is 6.26 Å². The topological polar surface area (TPSA) is 42.2 Å². The first kappa shape index (κ1) is 11.4. The van der Waals surface area contributed by atoms with E-state index in [9.17, 15) is 4.79 Å². The number of hydrogen-bond acceptors (Lipinski definition) is 3. The van der Waals surface area contributed by atoms with E-state index < -0.39 is 0 Å². The van der Waals surface area contributed by atoms with Gasteiger partial charge in [0.2, 0.25) is 0 Å². The average molecular weight is 300 g/mol. The fourth-order valence-corrected chi connectivity index (χ4v) is 2.76. The lowest BCUT2D eigenvalue weighted by Gasteiger charge is -2.02. The zero-order chi connectivity index (χ0) is 11.5. The molecule has 2 rings (SSSR count). The van der Waals surface area contributed by atoms with Gasteiger partial charge in [-0.2, -0.15) is 0 Å². The summed E-state index contributed by atoms with van der Waals surface area (Å²) in [6, 6.07) is 3.64. The third-order valence-corrected chi connectivity index (χ3v) is 4.13. The Hall–Kier alpha value is -1.07. The molecule has 2 heterocycles. The van der Waals surface area contributed by atoms with Crippen LogP contribution in [0.15, 0.2) is 32.7 Å². The van der Waals surface area contributed by atoms with Crippen molar-refractivity contribution in [3.05, 3.63) is 44.4 Å². The minimum Gasteiger partial charge on any atom is -0.469 e. The van der Waals surface area contributed by atoms with Crippen molar-refractivity contribution in [3.63, 3.8) is 0 Å². The molecule has 0 unspecified atom stereocenters. The Bertz CT molecular complexity index is 504. The second-order valence-corrected chi connectivity index (χ2v) is 5.12. The van der Waals surface area contributed by atoms with E-state index >= 15 is 0 Å². The molecule has 0 saturated heterocycles. The number of carbonyl (C=O) groups excluding carboxylic acids is 1. The lowest BCUT2D eigenvalue weighted by molar-refractivity contribution is 0.0949. The van der Waals surface area contributed by atoms with E-state index in [0.717, 1.165) is 9.35 Å². The molecule has 0 atom stereocenters. The molecule has 3 nitrogen and oxygen atoms in total. The molecule has 1 N–H and O–H groups in total. The highest BCUT2D eigenvalue weighted by molar-refractivity contribution is 9.10. The van der Waals surface area contributed by atoms with Crippen molar-refractivity contribution >= 4 is 33.2 Å². The Morgan fingerprint density at radius 1 is 1.56 bits per heavy atom. The summed E-state index contributed by atoms with van der Waals surface area (Å²) >= 11 is 5.03. The highest BCUT2D eigenvalue weighted by atomic mass is 79.9. The van der Waals surface area contributed by atoms with Gasteiger partial charge < -0.3 is 9.73 Å². The Balaban J connectivity index is 1.99. The van der Waals surface area contributed by atoms with Crippen molar-refractivity contribution in [1.82, 2.24) is 5.32 Å².